The molecule has 150 valence electrons. The molecule has 0 fully saturated rings. The van der Waals surface area contributed by atoms with E-state index in [1.54, 1.807) is 24.3 Å². The Morgan fingerprint density at radius 3 is 2.31 bits per heavy atom. The summed E-state index contributed by atoms with van der Waals surface area (Å²) in [7, 11) is 1.54. The number of ether oxygens (including phenoxy) is 1. The van der Waals surface area contributed by atoms with Crippen molar-refractivity contribution < 1.29 is 34.2 Å². The van der Waals surface area contributed by atoms with Crippen LogP contribution >= 0.6 is 0 Å². The number of nitrogens with one attached hydrogen (secondary N) is 1. The molecule has 29 heavy (non-hydrogen) atoms. The predicted octanol–water partition coefficient (Wildman–Crippen LogP) is 2.37. The molecule has 0 aromatic heterocycles. The summed E-state index contributed by atoms with van der Waals surface area (Å²) in [5, 5.41) is 25.0. The monoisotopic (exact) mass is 398 g/mol. The van der Waals surface area contributed by atoms with Crippen LogP contribution in [0.5, 0.6) is 5.75 Å². The molecule has 0 saturated carbocycles. The van der Waals surface area contributed by atoms with Gasteiger partial charge in [-0.3, -0.25) is 4.79 Å². The fourth-order valence-corrected chi connectivity index (χ4v) is 2.86. The molecule has 1 amide bonds. The van der Waals surface area contributed by atoms with Crippen molar-refractivity contribution in [2.24, 2.45) is 5.16 Å². The number of carbonyl (C=O) groups excluding carboxylic acids is 1. The standard InChI is InChI=1S/C20H18N2O7/c1-28-15-8-4-12(5-9-15)16-10-20(19(26)27,29-22-16)11-17(23)21-14-6-2-13(3-7-14)18(24)25/h2-9H,10-11H2,1H3,(H,21,23)(H,24,25)(H,26,27)/t20-/m1/s1. The number of carbonyl (C=O) groups is 3. The van der Waals surface area contributed by atoms with Crippen molar-refractivity contribution in [1.82, 2.24) is 0 Å². The van der Waals surface area contributed by atoms with Gasteiger partial charge in [0, 0.05) is 12.1 Å². The third kappa shape index (κ3) is 4.34. The van der Waals surface area contributed by atoms with Crippen LogP contribution in [0.2, 0.25) is 0 Å². The fraction of sp³-hybridized carbons (Fsp3) is 0.200. The zero-order chi connectivity index (χ0) is 21.0. The van der Waals surface area contributed by atoms with Gasteiger partial charge in [-0.25, -0.2) is 9.59 Å². The van der Waals surface area contributed by atoms with Gasteiger partial charge in [0.05, 0.1) is 24.8 Å². The van der Waals surface area contributed by atoms with Crippen LogP contribution in [0, 0.1) is 0 Å². The SMILES string of the molecule is COc1ccc(C2=NO[C@](CC(=O)Nc3ccc(C(=O)O)cc3)(C(=O)O)C2)cc1. The lowest BCUT2D eigenvalue weighted by Crippen LogP contribution is -2.42. The Balaban J connectivity index is 1.69. The normalized spacial score (nSPS) is 17.8. The van der Waals surface area contributed by atoms with Crippen molar-refractivity contribution in [1.29, 1.82) is 0 Å². The zero-order valence-electron chi connectivity index (χ0n) is 15.4. The average Bonchev–Trinajstić information content (AvgIpc) is 3.13. The average molecular weight is 398 g/mol. The molecular formula is C20H18N2O7. The maximum atomic E-state index is 12.4. The number of rotatable bonds is 7. The summed E-state index contributed by atoms with van der Waals surface area (Å²) in [6, 6.07) is 12.4. The number of anilines is 1. The predicted molar refractivity (Wildman–Crippen MR) is 102 cm³/mol. The molecule has 0 radical (unpaired) electrons. The quantitative estimate of drug-likeness (QED) is 0.652. The minimum absolute atomic E-state index is 0.0710. The van der Waals surface area contributed by atoms with Gasteiger partial charge in [-0.2, -0.15) is 0 Å². The Kier molecular flexibility index (Phi) is 5.49. The molecule has 0 unspecified atom stereocenters. The molecule has 0 saturated heterocycles. The zero-order valence-corrected chi connectivity index (χ0v) is 15.4. The van der Waals surface area contributed by atoms with Crippen molar-refractivity contribution in [2.75, 3.05) is 12.4 Å². The molecule has 1 aliphatic heterocycles. The first-order chi connectivity index (χ1) is 13.8. The fourth-order valence-electron chi connectivity index (χ4n) is 2.86. The van der Waals surface area contributed by atoms with E-state index in [2.05, 4.69) is 10.5 Å². The molecular weight excluding hydrogens is 380 g/mol. The number of benzene rings is 2. The van der Waals surface area contributed by atoms with Crippen LogP contribution in [0.3, 0.4) is 0 Å². The highest BCUT2D eigenvalue weighted by Crippen LogP contribution is 2.31. The van der Waals surface area contributed by atoms with Crippen molar-refractivity contribution in [3.63, 3.8) is 0 Å². The third-order valence-electron chi connectivity index (χ3n) is 4.46. The van der Waals surface area contributed by atoms with Crippen molar-refractivity contribution in [3.05, 3.63) is 59.7 Å². The number of methoxy groups -OCH3 is 1. The van der Waals surface area contributed by atoms with Gasteiger partial charge < -0.3 is 25.1 Å². The summed E-state index contributed by atoms with van der Waals surface area (Å²) >= 11 is 0. The Labute approximate surface area is 165 Å². The van der Waals surface area contributed by atoms with E-state index in [1.807, 2.05) is 0 Å². The van der Waals surface area contributed by atoms with E-state index in [-0.39, 0.29) is 12.0 Å². The van der Waals surface area contributed by atoms with Crippen LogP contribution in [0.25, 0.3) is 0 Å². The van der Waals surface area contributed by atoms with Crippen LogP contribution < -0.4 is 10.1 Å². The van der Waals surface area contributed by atoms with Crippen LogP contribution in [0.15, 0.2) is 53.7 Å². The second kappa shape index (κ2) is 8.01. The Hall–Kier alpha value is -3.88. The number of carboxylic acid groups (broad SMARTS) is 2. The lowest BCUT2D eigenvalue weighted by molar-refractivity contribution is -0.165. The first-order valence-electron chi connectivity index (χ1n) is 8.59. The second-order valence-corrected chi connectivity index (χ2v) is 6.44. The van der Waals surface area contributed by atoms with E-state index in [1.165, 1.54) is 31.4 Å². The van der Waals surface area contributed by atoms with Gasteiger partial charge in [0.1, 0.15) is 5.75 Å². The number of oxime groups is 1. The summed E-state index contributed by atoms with van der Waals surface area (Å²) in [5.74, 6) is -2.34. The largest absolute Gasteiger partial charge is 0.497 e. The summed E-state index contributed by atoms with van der Waals surface area (Å²) in [5.41, 5.74) is -0.330. The molecule has 3 rings (SSSR count). The number of aromatic carboxylic acids is 1. The van der Waals surface area contributed by atoms with Crippen LogP contribution in [0.4, 0.5) is 5.69 Å². The van der Waals surface area contributed by atoms with Gasteiger partial charge in [0.15, 0.2) is 0 Å². The molecule has 2 aromatic carbocycles. The molecule has 0 spiro atoms. The first kappa shape index (κ1) is 19.9. The molecule has 1 aliphatic rings. The summed E-state index contributed by atoms with van der Waals surface area (Å²) in [6.07, 6.45) is -0.549. The van der Waals surface area contributed by atoms with Crippen molar-refractivity contribution >= 4 is 29.2 Å². The maximum Gasteiger partial charge on any atom is 0.351 e. The van der Waals surface area contributed by atoms with E-state index < -0.39 is 29.9 Å². The second-order valence-electron chi connectivity index (χ2n) is 6.44. The summed E-state index contributed by atoms with van der Waals surface area (Å²) in [6.45, 7) is 0. The molecule has 3 N–H and O–H groups in total. The van der Waals surface area contributed by atoms with Gasteiger partial charge in [0.25, 0.3) is 0 Å². The molecule has 1 atom stereocenters. The van der Waals surface area contributed by atoms with Gasteiger partial charge >= 0.3 is 11.9 Å². The number of aliphatic carboxylic acids is 1. The minimum Gasteiger partial charge on any atom is -0.497 e. The van der Waals surface area contributed by atoms with Gasteiger partial charge in [-0.05, 0) is 54.1 Å². The molecule has 0 bridgehead atoms. The van der Waals surface area contributed by atoms with Crippen LogP contribution in [-0.2, 0) is 14.4 Å². The highest BCUT2D eigenvalue weighted by Gasteiger charge is 2.49. The van der Waals surface area contributed by atoms with Crippen molar-refractivity contribution in [3.8, 4) is 5.75 Å². The molecule has 1 heterocycles. The van der Waals surface area contributed by atoms with Gasteiger partial charge in [-0.1, -0.05) is 5.16 Å². The Morgan fingerprint density at radius 1 is 1.10 bits per heavy atom. The van der Waals surface area contributed by atoms with E-state index in [4.69, 9.17) is 14.7 Å². The van der Waals surface area contributed by atoms with Gasteiger partial charge in [-0.15, -0.1) is 0 Å². The third-order valence-corrected chi connectivity index (χ3v) is 4.46. The number of amides is 1. The lowest BCUT2D eigenvalue weighted by Gasteiger charge is -2.21. The molecule has 0 aliphatic carbocycles. The topological polar surface area (TPSA) is 135 Å². The lowest BCUT2D eigenvalue weighted by atomic mass is 9.90. The minimum atomic E-state index is -1.82. The summed E-state index contributed by atoms with van der Waals surface area (Å²) in [4.78, 5) is 40.3. The Bertz CT molecular complexity index is 967. The molecule has 9 nitrogen and oxygen atoms in total. The number of carboxylic acids is 2. The molecule has 2 aromatic rings. The smallest absolute Gasteiger partial charge is 0.351 e. The highest BCUT2D eigenvalue weighted by molar-refractivity contribution is 6.06. The van der Waals surface area contributed by atoms with Crippen molar-refractivity contribution in [2.45, 2.75) is 18.4 Å². The van der Waals surface area contributed by atoms with Crippen LogP contribution in [-0.4, -0.2) is 46.5 Å². The Morgan fingerprint density at radius 2 is 1.76 bits per heavy atom. The maximum absolute atomic E-state index is 12.4. The van der Waals surface area contributed by atoms with E-state index in [9.17, 15) is 19.5 Å². The first-order valence-corrected chi connectivity index (χ1v) is 8.59. The number of nitrogens with zero attached hydrogens (tertiary/aromatic N) is 1. The number of hydrogen-bond donors (Lipinski definition) is 3. The highest BCUT2D eigenvalue weighted by atomic mass is 16.7. The van der Waals surface area contributed by atoms with E-state index in [0.717, 1.165) is 0 Å². The molecule has 9 heteroatoms. The van der Waals surface area contributed by atoms with Crippen LogP contribution in [0.1, 0.15) is 28.8 Å². The summed E-state index contributed by atoms with van der Waals surface area (Å²) < 4.78 is 5.09. The number of hydrogen-bond acceptors (Lipinski definition) is 6. The van der Waals surface area contributed by atoms with Gasteiger partial charge in [0.2, 0.25) is 11.5 Å². The van der Waals surface area contributed by atoms with E-state index >= 15 is 0 Å². The van der Waals surface area contributed by atoms with E-state index in [0.29, 0.717) is 22.7 Å².